The van der Waals surface area contributed by atoms with Crippen molar-refractivity contribution in [2.75, 3.05) is 0 Å². The molecule has 0 spiro atoms. The van der Waals surface area contributed by atoms with Gasteiger partial charge >= 0.3 is 0 Å². The van der Waals surface area contributed by atoms with Crippen molar-refractivity contribution < 1.29 is 13.5 Å². The fourth-order valence-corrected chi connectivity index (χ4v) is 2.12. The summed E-state index contributed by atoms with van der Waals surface area (Å²) in [5.41, 5.74) is 1.60. The van der Waals surface area contributed by atoms with E-state index in [9.17, 15) is 8.42 Å². The van der Waals surface area contributed by atoms with E-state index in [0.717, 1.165) is 5.56 Å². The standard InChI is InChI=1S/C11H13N3O3S/c12-18(16,17)11-3-1-9(2-4-11)6-14-8-13-5-10(14)7-15/h1-5,8,15H,6-7H2,(H2,12,16,17). The van der Waals surface area contributed by atoms with Gasteiger partial charge in [0.25, 0.3) is 0 Å². The second-order valence-electron chi connectivity index (χ2n) is 3.86. The van der Waals surface area contributed by atoms with Gasteiger partial charge in [0.1, 0.15) is 0 Å². The molecule has 0 fully saturated rings. The van der Waals surface area contributed by atoms with Crippen molar-refractivity contribution in [2.45, 2.75) is 18.0 Å². The fourth-order valence-electron chi connectivity index (χ4n) is 1.60. The number of rotatable bonds is 4. The number of imidazole rings is 1. The van der Waals surface area contributed by atoms with Gasteiger partial charge in [-0.3, -0.25) is 0 Å². The van der Waals surface area contributed by atoms with Crippen LogP contribution in [0.1, 0.15) is 11.3 Å². The van der Waals surface area contributed by atoms with Gasteiger partial charge in [0, 0.05) is 6.54 Å². The van der Waals surface area contributed by atoms with Crippen LogP contribution in [0, 0.1) is 0 Å². The van der Waals surface area contributed by atoms with Gasteiger partial charge in [-0.25, -0.2) is 18.5 Å². The van der Waals surface area contributed by atoms with Crippen LogP contribution in [0.25, 0.3) is 0 Å². The summed E-state index contributed by atoms with van der Waals surface area (Å²) in [6.07, 6.45) is 3.19. The van der Waals surface area contributed by atoms with Gasteiger partial charge in [-0.05, 0) is 17.7 Å². The number of primary sulfonamides is 1. The highest BCUT2D eigenvalue weighted by molar-refractivity contribution is 7.89. The number of hydrogen-bond acceptors (Lipinski definition) is 4. The van der Waals surface area contributed by atoms with Gasteiger partial charge in [0.05, 0.1) is 29.7 Å². The number of aromatic nitrogens is 2. The van der Waals surface area contributed by atoms with E-state index in [0.29, 0.717) is 12.2 Å². The van der Waals surface area contributed by atoms with Gasteiger partial charge in [-0.2, -0.15) is 0 Å². The van der Waals surface area contributed by atoms with E-state index < -0.39 is 10.0 Å². The Hall–Kier alpha value is -1.70. The van der Waals surface area contributed by atoms with Crippen LogP contribution in [0.2, 0.25) is 0 Å². The number of benzene rings is 1. The van der Waals surface area contributed by atoms with Crippen LogP contribution in [0.5, 0.6) is 0 Å². The minimum atomic E-state index is -3.65. The minimum Gasteiger partial charge on any atom is -0.390 e. The van der Waals surface area contributed by atoms with Crippen LogP contribution >= 0.6 is 0 Å². The third-order valence-corrected chi connectivity index (χ3v) is 3.49. The van der Waals surface area contributed by atoms with Crippen molar-refractivity contribution in [3.8, 4) is 0 Å². The van der Waals surface area contributed by atoms with Gasteiger partial charge in [-0.15, -0.1) is 0 Å². The van der Waals surface area contributed by atoms with E-state index in [-0.39, 0.29) is 11.5 Å². The van der Waals surface area contributed by atoms with Crippen molar-refractivity contribution in [1.82, 2.24) is 9.55 Å². The Labute approximate surface area is 105 Å². The molecule has 2 rings (SSSR count). The van der Waals surface area contributed by atoms with Crippen molar-refractivity contribution >= 4 is 10.0 Å². The zero-order valence-electron chi connectivity index (χ0n) is 9.52. The summed E-state index contributed by atoms with van der Waals surface area (Å²) in [7, 11) is -3.65. The molecule has 0 saturated carbocycles. The zero-order valence-corrected chi connectivity index (χ0v) is 10.3. The van der Waals surface area contributed by atoms with Gasteiger partial charge < -0.3 is 9.67 Å². The Bertz CT molecular complexity index is 632. The first-order valence-electron chi connectivity index (χ1n) is 5.22. The lowest BCUT2D eigenvalue weighted by molar-refractivity contribution is 0.271. The van der Waals surface area contributed by atoms with Gasteiger partial charge in [0.15, 0.2) is 0 Å². The molecule has 0 unspecified atom stereocenters. The highest BCUT2D eigenvalue weighted by Gasteiger charge is 2.07. The lowest BCUT2D eigenvalue weighted by Gasteiger charge is -2.07. The Balaban J connectivity index is 2.21. The molecule has 3 N–H and O–H groups in total. The van der Waals surface area contributed by atoms with Gasteiger partial charge in [0.2, 0.25) is 10.0 Å². The maximum atomic E-state index is 11.1. The molecule has 0 aliphatic carbocycles. The van der Waals surface area contributed by atoms with Crippen LogP contribution < -0.4 is 5.14 Å². The predicted molar refractivity (Wildman–Crippen MR) is 65.1 cm³/mol. The summed E-state index contributed by atoms with van der Waals surface area (Å²) >= 11 is 0. The number of hydrogen-bond donors (Lipinski definition) is 2. The van der Waals surface area contributed by atoms with E-state index in [2.05, 4.69) is 4.98 Å². The van der Waals surface area contributed by atoms with Crippen molar-refractivity contribution in [1.29, 1.82) is 0 Å². The van der Waals surface area contributed by atoms with E-state index in [1.54, 1.807) is 29.2 Å². The number of nitrogens with two attached hydrogens (primary N) is 1. The molecular weight excluding hydrogens is 254 g/mol. The highest BCUT2D eigenvalue weighted by atomic mass is 32.2. The molecule has 6 nitrogen and oxygen atoms in total. The van der Waals surface area contributed by atoms with E-state index in [1.807, 2.05) is 0 Å². The number of nitrogens with zero attached hydrogens (tertiary/aromatic N) is 2. The lowest BCUT2D eigenvalue weighted by atomic mass is 10.2. The third-order valence-electron chi connectivity index (χ3n) is 2.57. The van der Waals surface area contributed by atoms with Crippen LogP contribution in [-0.4, -0.2) is 23.1 Å². The monoisotopic (exact) mass is 267 g/mol. The van der Waals surface area contributed by atoms with Crippen molar-refractivity contribution in [3.63, 3.8) is 0 Å². The molecule has 0 bridgehead atoms. The Kier molecular flexibility index (Phi) is 3.46. The van der Waals surface area contributed by atoms with E-state index >= 15 is 0 Å². The molecule has 7 heteroatoms. The van der Waals surface area contributed by atoms with Gasteiger partial charge in [-0.1, -0.05) is 12.1 Å². The molecular formula is C11H13N3O3S. The molecule has 18 heavy (non-hydrogen) atoms. The average Bonchev–Trinajstić information content (AvgIpc) is 2.76. The van der Waals surface area contributed by atoms with Crippen LogP contribution in [0.3, 0.4) is 0 Å². The molecule has 0 aliphatic heterocycles. The first-order valence-corrected chi connectivity index (χ1v) is 6.77. The second kappa shape index (κ2) is 4.89. The average molecular weight is 267 g/mol. The maximum absolute atomic E-state index is 11.1. The van der Waals surface area contributed by atoms with Crippen LogP contribution in [-0.2, 0) is 23.2 Å². The summed E-state index contributed by atoms with van der Waals surface area (Å²) in [4.78, 5) is 4.02. The fraction of sp³-hybridized carbons (Fsp3) is 0.182. The SMILES string of the molecule is NS(=O)(=O)c1ccc(Cn2cncc2CO)cc1. The van der Waals surface area contributed by atoms with Crippen LogP contribution in [0.15, 0.2) is 41.7 Å². The third kappa shape index (κ3) is 2.76. The summed E-state index contributed by atoms with van der Waals surface area (Å²) in [6, 6.07) is 6.28. The zero-order chi connectivity index (χ0) is 13.2. The predicted octanol–water partition coefficient (Wildman–Crippen LogP) is 0.0711. The molecule has 0 aliphatic rings. The largest absolute Gasteiger partial charge is 0.390 e. The smallest absolute Gasteiger partial charge is 0.238 e. The second-order valence-corrected chi connectivity index (χ2v) is 5.42. The first-order chi connectivity index (χ1) is 8.50. The molecule has 0 radical (unpaired) electrons. The Morgan fingerprint density at radius 2 is 1.94 bits per heavy atom. The molecule has 96 valence electrons. The topological polar surface area (TPSA) is 98.2 Å². The molecule has 0 amide bonds. The summed E-state index contributed by atoms with van der Waals surface area (Å²) in [5, 5.41) is 14.1. The maximum Gasteiger partial charge on any atom is 0.238 e. The molecule has 1 heterocycles. The highest BCUT2D eigenvalue weighted by Crippen LogP contribution is 2.11. The molecule has 2 aromatic rings. The quantitative estimate of drug-likeness (QED) is 0.819. The number of aliphatic hydroxyl groups is 1. The molecule has 1 aromatic carbocycles. The molecule has 1 aromatic heterocycles. The number of sulfonamides is 1. The van der Waals surface area contributed by atoms with E-state index in [1.165, 1.54) is 12.1 Å². The summed E-state index contributed by atoms with van der Waals surface area (Å²) < 4.78 is 24.0. The van der Waals surface area contributed by atoms with Crippen LogP contribution in [0.4, 0.5) is 0 Å². The molecule has 0 saturated heterocycles. The summed E-state index contributed by atoms with van der Waals surface area (Å²) in [5.74, 6) is 0. The summed E-state index contributed by atoms with van der Waals surface area (Å²) in [6.45, 7) is 0.427. The molecule has 0 atom stereocenters. The van der Waals surface area contributed by atoms with E-state index in [4.69, 9.17) is 10.2 Å². The minimum absolute atomic E-state index is 0.0827. The Morgan fingerprint density at radius 3 is 2.50 bits per heavy atom. The number of aliphatic hydroxyl groups excluding tert-OH is 1. The lowest BCUT2D eigenvalue weighted by Crippen LogP contribution is -2.12. The normalized spacial score (nSPS) is 11.7. The first kappa shape index (κ1) is 12.7. The Morgan fingerprint density at radius 1 is 1.28 bits per heavy atom. The van der Waals surface area contributed by atoms with Crippen molar-refractivity contribution in [2.24, 2.45) is 5.14 Å². The van der Waals surface area contributed by atoms with Crippen molar-refractivity contribution in [3.05, 3.63) is 48.0 Å².